The Morgan fingerprint density at radius 1 is 0.864 bits per heavy atom. The number of nitrogens with one attached hydrogen (secondary N) is 1. The van der Waals surface area contributed by atoms with Crippen LogP contribution in [0, 0.1) is 12.7 Å². The molecule has 7 nitrogen and oxygen atoms in total. The number of rotatable bonds is 13. The second-order valence-corrected chi connectivity index (χ2v) is 12.7. The Morgan fingerprint density at radius 3 is 2.11 bits per heavy atom. The fourth-order valence-corrected chi connectivity index (χ4v) is 6.22. The van der Waals surface area contributed by atoms with Crippen molar-refractivity contribution in [2.75, 3.05) is 17.4 Å². The molecule has 4 aromatic carbocycles. The molecule has 4 rings (SSSR count). The van der Waals surface area contributed by atoms with E-state index < -0.39 is 34.3 Å². The van der Waals surface area contributed by atoms with Crippen molar-refractivity contribution in [1.82, 2.24) is 10.2 Å². The van der Waals surface area contributed by atoms with E-state index in [2.05, 4.69) is 5.32 Å². The average molecular weight is 636 g/mol. The molecule has 1 N–H and O–H groups in total. The summed E-state index contributed by atoms with van der Waals surface area (Å²) in [7, 11) is -4.22. The van der Waals surface area contributed by atoms with E-state index in [1.165, 1.54) is 41.3 Å². The molecule has 2 amide bonds. The smallest absolute Gasteiger partial charge is 0.264 e. The first-order chi connectivity index (χ1) is 21.1. The monoisotopic (exact) mass is 635 g/mol. The number of anilines is 1. The molecule has 4 aromatic rings. The number of nitrogens with zero attached hydrogens (tertiary/aromatic N) is 2. The number of hydrogen-bond acceptors (Lipinski definition) is 4. The molecule has 0 unspecified atom stereocenters. The van der Waals surface area contributed by atoms with Crippen molar-refractivity contribution in [2.45, 2.75) is 44.2 Å². The van der Waals surface area contributed by atoms with Gasteiger partial charge in [-0.2, -0.15) is 0 Å². The normalized spacial score (nSPS) is 11.9. The molecular formula is C34H35ClFN3O4S. The molecule has 44 heavy (non-hydrogen) atoms. The maximum Gasteiger partial charge on any atom is 0.264 e. The van der Waals surface area contributed by atoms with Crippen molar-refractivity contribution < 1.29 is 22.4 Å². The Bertz CT molecular complexity index is 1650. The number of amides is 2. The molecule has 230 valence electrons. The summed E-state index contributed by atoms with van der Waals surface area (Å²) < 4.78 is 42.8. The topological polar surface area (TPSA) is 86.8 Å². The van der Waals surface area contributed by atoms with Crippen molar-refractivity contribution in [1.29, 1.82) is 0 Å². The van der Waals surface area contributed by atoms with Crippen molar-refractivity contribution in [2.24, 2.45) is 0 Å². The van der Waals surface area contributed by atoms with Gasteiger partial charge < -0.3 is 10.2 Å². The lowest BCUT2D eigenvalue weighted by Gasteiger charge is -2.34. The van der Waals surface area contributed by atoms with Crippen molar-refractivity contribution in [3.63, 3.8) is 0 Å². The van der Waals surface area contributed by atoms with E-state index in [9.17, 15) is 22.4 Å². The molecule has 1 atom stereocenters. The number of aryl methyl sites for hydroxylation is 1. The van der Waals surface area contributed by atoms with Crippen LogP contribution in [-0.4, -0.2) is 44.3 Å². The summed E-state index contributed by atoms with van der Waals surface area (Å²) in [6, 6.07) is 26.4. The standard InChI is InChI=1S/C34H35ClFN3O4S/c1-3-21-37-34(41)32(22-26-7-5-4-6-8-26)38(23-27-11-15-29(36)16-12-27)33(40)24-39(30-17-13-28(35)14-18-30)44(42,43)31-19-9-25(2)10-20-31/h4-20,32H,3,21-24H2,1-2H3,(H,37,41)/t32-/m1/s1. The van der Waals surface area contributed by atoms with Crippen LogP contribution < -0.4 is 9.62 Å². The Kier molecular flexibility index (Phi) is 11.1. The number of halogens is 2. The lowest BCUT2D eigenvalue weighted by atomic mass is 10.0. The molecule has 0 aliphatic rings. The third-order valence-corrected chi connectivity index (χ3v) is 9.13. The number of benzene rings is 4. The lowest BCUT2D eigenvalue weighted by molar-refractivity contribution is -0.140. The molecule has 0 radical (unpaired) electrons. The predicted octanol–water partition coefficient (Wildman–Crippen LogP) is 6.15. The van der Waals surface area contributed by atoms with Gasteiger partial charge in [-0.1, -0.05) is 78.7 Å². The van der Waals surface area contributed by atoms with Crippen LogP contribution in [0.25, 0.3) is 0 Å². The zero-order chi connectivity index (χ0) is 31.7. The van der Waals surface area contributed by atoms with Gasteiger partial charge in [0.05, 0.1) is 10.6 Å². The molecule has 0 heterocycles. The highest BCUT2D eigenvalue weighted by Gasteiger charge is 2.34. The Labute approximate surface area is 263 Å². The number of carbonyl (C=O) groups excluding carboxylic acids is 2. The Hall–Kier alpha value is -4.21. The highest BCUT2D eigenvalue weighted by Crippen LogP contribution is 2.26. The summed E-state index contributed by atoms with van der Waals surface area (Å²) in [4.78, 5) is 29.4. The zero-order valence-corrected chi connectivity index (χ0v) is 26.2. The molecule has 0 saturated carbocycles. The van der Waals surface area contributed by atoms with Gasteiger partial charge in [-0.05, 0) is 73.0 Å². The molecule has 0 aliphatic heterocycles. The van der Waals surface area contributed by atoms with Gasteiger partial charge in [-0.15, -0.1) is 0 Å². The van der Waals surface area contributed by atoms with Crippen LogP contribution in [0.4, 0.5) is 10.1 Å². The van der Waals surface area contributed by atoms with Gasteiger partial charge in [-0.25, -0.2) is 12.8 Å². The van der Waals surface area contributed by atoms with E-state index in [4.69, 9.17) is 11.6 Å². The molecule has 0 aliphatic carbocycles. The van der Waals surface area contributed by atoms with Crippen LogP contribution in [0.15, 0.2) is 108 Å². The number of carbonyl (C=O) groups is 2. The highest BCUT2D eigenvalue weighted by atomic mass is 35.5. The van der Waals surface area contributed by atoms with E-state index in [0.717, 1.165) is 15.4 Å². The van der Waals surface area contributed by atoms with Crippen LogP contribution in [-0.2, 0) is 32.6 Å². The summed E-state index contributed by atoms with van der Waals surface area (Å²) in [5, 5.41) is 3.30. The van der Waals surface area contributed by atoms with Gasteiger partial charge in [0.2, 0.25) is 11.8 Å². The van der Waals surface area contributed by atoms with E-state index in [-0.39, 0.29) is 29.5 Å². The maximum atomic E-state index is 14.3. The predicted molar refractivity (Wildman–Crippen MR) is 171 cm³/mol. The van der Waals surface area contributed by atoms with Crippen LogP contribution in [0.2, 0.25) is 5.02 Å². The number of hydrogen-bond donors (Lipinski definition) is 1. The van der Waals surface area contributed by atoms with Gasteiger partial charge in [0.1, 0.15) is 18.4 Å². The van der Waals surface area contributed by atoms with Gasteiger partial charge in [0.25, 0.3) is 10.0 Å². The SMILES string of the molecule is CCCNC(=O)[C@@H](Cc1ccccc1)N(Cc1ccc(F)cc1)C(=O)CN(c1ccc(Cl)cc1)S(=O)(=O)c1ccc(C)cc1. The summed E-state index contributed by atoms with van der Waals surface area (Å²) in [6.07, 6.45) is 0.879. The number of sulfonamides is 1. The summed E-state index contributed by atoms with van der Waals surface area (Å²) >= 11 is 6.10. The Balaban J connectivity index is 1.78. The third kappa shape index (κ3) is 8.45. The van der Waals surface area contributed by atoms with E-state index in [1.807, 2.05) is 44.2 Å². The van der Waals surface area contributed by atoms with Gasteiger partial charge in [0.15, 0.2) is 0 Å². The second kappa shape index (κ2) is 15.0. The van der Waals surface area contributed by atoms with E-state index >= 15 is 0 Å². The molecular weight excluding hydrogens is 601 g/mol. The van der Waals surface area contributed by atoms with E-state index in [1.54, 1.807) is 36.4 Å². The first kappa shape index (κ1) is 32.7. The summed E-state index contributed by atoms with van der Waals surface area (Å²) in [6.45, 7) is 3.54. The fourth-order valence-electron chi connectivity index (χ4n) is 4.68. The zero-order valence-electron chi connectivity index (χ0n) is 24.6. The van der Waals surface area contributed by atoms with Crippen molar-refractivity contribution in [3.05, 3.63) is 131 Å². The molecule has 0 saturated heterocycles. The fraction of sp³-hybridized carbons (Fsp3) is 0.235. The largest absolute Gasteiger partial charge is 0.354 e. The minimum Gasteiger partial charge on any atom is -0.354 e. The van der Waals surface area contributed by atoms with Gasteiger partial charge >= 0.3 is 0 Å². The second-order valence-electron chi connectivity index (χ2n) is 10.4. The minimum atomic E-state index is -4.22. The molecule has 0 fully saturated rings. The van der Waals surface area contributed by atoms with Crippen molar-refractivity contribution in [3.8, 4) is 0 Å². The lowest BCUT2D eigenvalue weighted by Crippen LogP contribution is -2.53. The summed E-state index contributed by atoms with van der Waals surface area (Å²) in [5.41, 5.74) is 2.52. The minimum absolute atomic E-state index is 0.0115. The van der Waals surface area contributed by atoms with Gasteiger partial charge in [0, 0.05) is 24.5 Å². The van der Waals surface area contributed by atoms with Crippen LogP contribution >= 0.6 is 11.6 Å². The molecule has 0 bridgehead atoms. The van der Waals surface area contributed by atoms with E-state index in [0.29, 0.717) is 23.6 Å². The first-order valence-corrected chi connectivity index (χ1v) is 16.1. The first-order valence-electron chi connectivity index (χ1n) is 14.3. The Morgan fingerprint density at radius 2 is 1.50 bits per heavy atom. The third-order valence-electron chi connectivity index (χ3n) is 7.09. The molecule has 0 aromatic heterocycles. The van der Waals surface area contributed by atoms with Crippen LogP contribution in [0.3, 0.4) is 0 Å². The summed E-state index contributed by atoms with van der Waals surface area (Å²) in [5.74, 6) is -1.41. The van der Waals surface area contributed by atoms with Crippen LogP contribution in [0.5, 0.6) is 0 Å². The average Bonchev–Trinajstić information content (AvgIpc) is 3.02. The van der Waals surface area contributed by atoms with Crippen molar-refractivity contribution >= 4 is 39.1 Å². The van der Waals surface area contributed by atoms with Crippen LogP contribution in [0.1, 0.15) is 30.0 Å². The maximum absolute atomic E-state index is 14.3. The quantitative estimate of drug-likeness (QED) is 0.191. The molecule has 0 spiro atoms. The highest BCUT2D eigenvalue weighted by molar-refractivity contribution is 7.92. The van der Waals surface area contributed by atoms with Gasteiger partial charge in [-0.3, -0.25) is 13.9 Å². The molecule has 10 heteroatoms.